The van der Waals surface area contributed by atoms with Gasteiger partial charge in [0.1, 0.15) is 11.3 Å². The summed E-state index contributed by atoms with van der Waals surface area (Å²) in [5.41, 5.74) is 1.61. The number of aromatic nitrogens is 2. The lowest BCUT2D eigenvalue weighted by atomic mass is 10.0. The average Bonchev–Trinajstić information content (AvgIpc) is 3.16. The first-order valence-corrected chi connectivity index (χ1v) is 9.72. The molecule has 2 amide bonds. The summed E-state index contributed by atoms with van der Waals surface area (Å²) in [6.07, 6.45) is 2.37. The molecule has 3 rings (SSSR count). The van der Waals surface area contributed by atoms with E-state index in [1.807, 2.05) is 56.0 Å². The van der Waals surface area contributed by atoms with Crippen LogP contribution in [0.15, 0.2) is 36.4 Å². The summed E-state index contributed by atoms with van der Waals surface area (Å²) in [7, 11) is 0. The molecule has 0 saturated carbocycles. The number of carbonyl (C=O) groups excluding carboxylic acids is 2. The van der Waals surface area contributed by atoms with Crippen LogP contribution < -0.4 is 5.32 Å². The number of carbonyl (C=O) groups is 2. The molecule has 7 heteroatoms. The highest BCUT2D eigenvalue weighted by molar-refractivity contribution is 5.93. The number of ether oxygens (including phenoxy) is 1. The molecular formula is C21H28N4O3. The normalized spacial score (nSPS) is 17.2. The van der Waals surface area contributed by atoms with E-state index >= 15 is 0 Å². The van der Waals surface area contributed by atoms with Crippen molar-refractivity contribution in [2.24, 2.45) is 0 Å². The largest absolute Gasteiger partial charge is 0.444 e. The summed E-state index contributed by atoms with van der Waals surface area (Å²) >= 11 is 0. The van der Waals surface area contributed by atoms with Crippen LogP contribution in [0.3, 0.4) is 0 Å². The van der Waals surface area contributed by atoms with E-state index in [-0.39, 0.29) is 11.9 Å². The fraction of sp³-hybridized carbons (Fsp3) is 0.476. The van der Waals surface area contributed by atoms with Crippen LogP contribution in [-0.2, 0) is 4.74 Å². The van der Waals surface area contributed by atoms with Crippen LogP contribution in [0.25, 0.3) is 11.3 Å². The zero-order valence-corrected chi connectivity index (χ0v) is 16.7. The van der Waals surface area contributed by atoms with Crippen LogP contribution in [0.1, 0.15) is 50.5 Å². The summed E-state index contributed by atoms with van der Waals surface area (Å²) in [6, 6.07) is 11.5. The van der Waals surface area contributed by atoms with E-state index in [0.717, 1.165) is 30.5 Å². The molecule has 150 valence electrons. The molecule has 7 nitrogen and oxygen atoms in total. The van der Waals surface area contributed by atoms with E-state index in [1.54, 1.807) is 6.07 Å². The second-order valence-corrected chi connectivity index (χ2v) is 8.06. The van der Waals surface area contributed by atoms with Crippen molar-refractivity contribution < 1.29 is 14.3 Å². The summed E-state index contributed by atoms with van der Waals surface area (Å²) < 4.78 is 5.29. The van der Waals surface area contributed by atoms with Crippen molar-refractivity contribution in [3.8, 4) is 11.3 Å². The molecule has 1 aromatic carbocycles. The van der Waals surface area contributed by atoms with Gasteiger partial charge >= 0.3 is 6.09 Å². The van der Waals surface area contributed by atoms with Crippen LogP contribution >= 0.6 is 0 Å². The Balaban J connectivity index is 1.66. The average molecular weight is 384 g/mol. The van der Waals surface area contributed by atoms with Crippen molar-refractivity contribution >= 4 is 12.0 Å². The first-order valence-electron chi connectivity index (χ1n) is 9.72. The van der Waals surface area contributed by atoms with Crippen molar-refractivity contribution in [1.82, 2.24) is 20.4 Å². The highest BCUT2D eigenvalue weighted by Crippen LogP contribution is 2.22. The van der Waals surface area contributed by atoms with E-state index in [2.05, 4.69) is 15.5 Å². The minimum Gasteiger partial charge on any atom is -0.444 e. The van der Waals surface area contributed by atoms with Crippen molar-refractivity contribution in [2.75, 3.05) is 13.1 Å². The van der Waals surface area contributed by atoms with E-state index in [9.17, 15) is 9.59 Å². The molecule has 0 spiro atoms. The lowest BCUT2D eigenvalue weighted by Gasteiger charge is -2.35. The van der Waals surface area contributed by atoms with Gasteiger partial charge in [0.05, 0.1) is 5.69 Å². The number of hydrogen-bond donors (Lipinski definition) is 2. The Labute approximate surface area is 165 Å². The van der Waals surface area contributed by atoms with Gasteiger partial charge in [-0.25, -0.2) is 4.79 Å². The Hall–Kier alpha value is -2.83. The van der Waals surface area contributed by atoms with Gasteiger partial charge in [-0.05, 0) is 46.1 Å². The molecule has 1 fully saturated rings. The Morgan fingerprint density at radius 3 is 2.71 bits per heavy atom. The topological polar surface area (TPSA) is 87.3 Å². The number of nitrogens with zero attached hydrogens (tertiary/aromatic N) is 2. The van der Waals surface area contributed by atoms with Gasteiger partial charge in [-0.3, -0.25) is 9.89 Å². The Kier molecular flexibility index (Phi) is 6.02. The molecule has 28 heavy (non-hydrogen) atoms. The number of rotatable bonds is 4. The quantitative estimate of drug-likeness (QED) is 0.843. The number of piperidine rings is 1. The number of aromatic amines is 1. The maximum atomic E-state index is 13.0. The van der Waals surface area contributed by atoms with E-state index < -0.39 is 11.7 Å². The second kappa shape index (κ2) is 8.46. The summed E-state index contributed by atoms with van der Waals surface area (Å²) in [5, 5.41) is 9.94. The predicted octanol–water partition coefficient (Wildman–Crippen LogP) is 3.60. The first-order chi connectivity index (χ1) is 13.3. The van der Waals surface area contributed by atoms with Crippen molar-refractivity contribution in [3.05, 3.63) is 42.1 Å². The molecule has 0 radical (unpaired) electrons. The van der Waals surface area contributed by atoms with E-state index in [4.69, 9.17) is 4.74 Å². The number of benzene rings is 1. The van der Waals surface area contributed by atoms with Gasteiger partial charge in [-0.2, -0.15) is 5.10 Å². The third-order valence-electron chi connectivity index (χ3n) is 4.65. The summed E-state index contributed by atoms with van der Waals surface area (Å²) in [6.45, 7) is 6.52. The minimum absolute atomic E-state index is 0.0581. The lowest BCUT2D eigenvalue weighted by Crippen LogP contribution is -2.50. The summed E-state index contributed by atoms with van der Waals surface area (Å²) in [4.78, 5) is 26.8. The molecule has 1 unspecified atom stereocenters. The van der Waals surface area contributed by atoms with Gasteiger partial charge in [-0.15, -0.1) is 0 Å². The lowest BCUT2D eigenvalue weighted by molar-refractivity contribution is 0.0461. The number of alkyl carbamates (subject to hydrolysis) is 1. The Bertz CT molecular complexity index is 811. The molecule has 1 aliphatic heterocycles. The maximum absolute atomic E-state index is 13.0. The highest BCUT2D eigenvalue weighted by Gasteiger charge is 2.29. The van der Waals surface area contributed by atoms with E-state index in [0.29, 0.717) is 18.8 Å². The van der Waals surface area contributed by atoms with Gasteiger partial charge in [0.25, 0.3) is 5.91 Å². The van der Waals surface area contributed by atoms with Crippen molar-refractivity contribution in [3.63, 3.8) is 0 Å². The third kappa shape index (κ3) is 5.12. The number of nitrogens with one attached hydrogen (secondary N) is 2. The molecular weight excluding hydrogens is 356 g/mol. The molecule has 1 atom stereocenters. The fourth-order valence-electron chi connectivity index (χ4n) is 3.34. The van der Waals surface area contributed by atoms with Gasteiger partial charge in [0, 0.05) is 24.7 Å². The van der Waals surface area contributed by atoms with E-state index in [1.165, 1.54) is 0 Å². The third-order valence-corrected chi connectivity index (χ3v) is 4.65. The van der Waals surface area contributed by atoms with Crippen LogP contribution in [0, 0.1) is 0 Å². The maximum Gasteiger partial charge on any atom is 0.407 e. The van der Waals surface area contributed by atoms with Gasteiger partial charge in [-0.1, -0.05) is 30.3 Å². The smallest absolute Gasteiger partial charge is 0.407 e. The zero-order chi connectivity index (χ0) is 20.1. The number of likely N-dealkylation sites (tertiary alicyclic amines) is 1. The number of amides is 2. The van der Waals surface area contributed by atoms with Gasteiger partial charge in [0.2, 0.25) is 0 Å². The van der Waals surface area contributed by atoms with Crippen LogP contribution in [0.2, 0.25) is 0 Å². The molecule has 1 aromatic heterocycles. The minimum atomic E-state index is -0.546. The molecule has 1 saturated heterocycles. The molecule has 2 aromatic rings. The summed E-state index contributed by atoms with van der Waals surface area (Å²) in [5.74, 6) is -0.0923. The molecule has 2 heterocycles. The predicted molar refractivity (Wildman–Crippen MR) is 107 cm³/mol. The van der Waals surface area contributed by atoms with Crippen molar-refractivity contribution in [2.45, 2.75) is 51.7 Å². The first kappa shape index (κ1) is 19.9. The molecule has 1 aliphatic rings. The zero-order valence-electron chi connectivity index (χ0n) is 16.7. The molecule has 2 N–H and O–H groups in total. The van der Waals surface area contributed by atoms with Gasteiger partial charge in [0.15, 0.2) is 0 Å². The van der Waals surface area contributed by atoms with Crippen LogP contribution in [0.5, 0.6) is 0 Å². The van der Waals surface area contributed by atoms with Crippen molar-refractivity contribution in [1.29, 1.82) is 0 Å². The SMILES string of the molecule is CC(C)(C)OC(=O)NCC1CCCCN1C(=O)c1cc(-c2ccccc2)n[nH]1. The molecule has 0 aliphatic carbocycles. The Morgan fingerprint density at radius 1 is 1.25 bits per heavy atom. The standard InChI is InChI=1S/C21H28N4O3/c1-21(2,3)28-20(27)22-14-16-11-7-8-12-25(16)19(26)18-13-17(23-24-18)15-9-5-4-6-10-15/h4-6,9-10,13,16H,7-8,11-12,14H2,1-3H3,(H,22,27)(H,23,24). The fourth-order valence-corrected chi connectivity index (χ4v) is 3.34. The van der Waals surface area contributed by atoms with Gasteiger partial charge < -0.3 is 15.0 Å². The highest BCUT2D eigenvalue weighted by atomic mass is 16.6. The number of hydrogen-bond acceptors (Lipinski definition) is 4. The second-order valence-electron chi connectivity index (χ2n) is 8.06. The monoisotopic (exact) mass is 384 g/mol. The van der Waals surface area contributed by atoms with Crippen LogP contribution in [0.4, 0.5) is 4.79 Å². The Morgan fingerprint density at radius 2 is 2.00 bits per heavy atom. The molecule has 0 bridgehead atoms. The number of H-pyrrole nitrogens is 1. The van der Waals surface area contributed by atoms with Crippen LogP contribution in [-0.4, -0.2) is 51.8 Å².